The lowest BCUT2D eigenvalue weighted by atomic mass is 10.4. The molecule has 1 aromatic heterocycles. The number of nitrogens with one attached hydrogen (secondary N) is 1. The van der Waals surface area contributed by atoms with Crippen LogP contribution in [0.25, 0.3) is 0 Å². The second kappa shape index (κ2) is 4.92. The summed E-state index contributed by atoms with van der Waals surface area (Å²) in [6.45, 7) is 1.90. The quantitative estimate of drug-likeness (QED) is 0.466. The molecule has 0 aromatic carbocycles. The maximum Gasteiger partial charge on any atom is 0.394 e. The van der Waals surface area contributed by atoms with Gasteiger partial charge in [-0.25, -0.2) is 4.98 Å². The molecule has 0 saturated carbocycles. The average Bonchev–Trinajstić information content (AvgIpc) is 2.31. The number of nitrogens with zero attached hydrogens (tertiary/aromatic N) is 1. The van der Waals surface area contributed by atoms with Gasteiger partial charge in [0.05, 0.1) is 24.3 Å². The molecule has 8 heteroatoms. The zero-order valence-electron chi connectivity index (χ0n) is 6.80. The van der Waals surface area contributed by atoms with Crippen LogP contribution in [-0.2, 0) is 17.0 Å². The molecule has 0 aliphatic heterocycles. The molecule has 1 rings (SSSR count). The van der Waals surface area contributed by atoms with E-state index in [-0.39, 0.29) is 6.61 Å². The largest absolute Gasteiger partial charge is 0.394 e. The second-order valence-corrected chi connectivity index (χ2v) is 2.97. The summed E-state index contributed by atoms with van der Waals surface area (Å²) < 4.78 is 31.6. The first-order valence-electron chi connectivity index (χ1n) is 3.14. The Kier molecular flexibility index (Phi) is 4.56. The molecule has 7 nitrogen and oxygen atoms in total. The molecule has 4 N–H and O–H groups in total. The zero-order chi connectivity index (χ0) is 10.5. The highest BCUT2D eigenvalue weighted by molar-refractivity contribution is 7.79. The molecular formula is C5H10N2O5S. The standard InChI is InChI=1S/C5H8N2O.H2O4S/c1-4-5(2-8)7-3-6-4;1-5(2,3)4/h3,8H,2H2,1H3,(H,6,7);(H2,1,2,3,4). The molecule has 1 heterocycles. The van der Waals surface area contributed by atoms with Crippen LogP contribution >= 0.6 is 0 Å². The third-order valence-electron chi connectivity index (χ3n) is 1.09. The number of hydrogen-bond acceptors (Lipinski definition) is 4. The summed E-state index contributed by atoms with van der Waals surface area (Å²) >= 11 is 0. The Bertz CT molecular complexity index is 336. The van der Waals surface area contributed by atoms with E-state index in [1.807, 2.05) is 6.92 Å². The second-order valence-electron chi connectivity index (χ2n) is 2.07. The third kappa shape index (κ3) is 7.40. The van der Waals surface area contributed by atoms with E-state index in [1.54, 1.807) is 6.33 Å². The van der Waals surface area contributed by atoms with Gasteiger partial charge in [0.25, 0.3) is 0 Å². The van der Waals surface area contributed by atoms with Gasteiger partial charge >= 0.3 is 10.4 Å². The van der Waals surface area contributed by atoms with Crippen molar-refractivity contribution in [2.75, 3.05) is 0 Å². The summed E-state index contributed by atoms with van der Waals surface area (Å²) in [5.41, 5.74) is 1.66. The summed E-state index contributed by atoms with van der Waals surface area (Å²) in [6, 6.07) is 0. The van der Waals surface area contributed by atoms with Crippen molar-refractivity contribution in [3.8, 4) is 0 Å². The molecule has 0 amide bonds. The fourth-order valence-electron chi connectivity index (χ4n) is 0.549. The zero-order valence-corrected chi connectivity index (χ0v) is 7.61. The molecule has 0 bridgehead atoms. The van der Waals surface area contributed by atoms with Crippen LogP contribution in [0.15, 0.2) is 6.33 Å². The highest BCUT2D eigenvalue weighted by atomic mass is 32.3. The van der Waals surface area contributed by atoms with Crippen LogP contribution in [0.1, 0.15) is 11.4 Å². The number of imidazole rings is 1. The molecule has 13 heavy (non-hydrogen) atoms. The van der Waals surface area contributed by atoms with Gasteiger partial charge in [0, 0.05) is 0 Å². The van der Waals surface area contributed by atoms with Gasteiger partial charge in [-0.05, 0) is 6.92 Å². The highest BCUT2D eigenvalue weighted by Crippen LogP contribution is 1.97. The molecule has 0 fully saturated rings. The van der Waals surface area contributed by atoms with Gasteiger partial charge in [-0.15, -0.1) is 0 Å². The average molecular weight is 210 g/mol. The lowest BCUT2D eigenvalue weighted by Gasteiger charge is -1.86. The van der Waals surface area contributed by atoms with E-state index >= 15 is 0 Å². The first-order valence-corrected chi connectivity index (χ1v) is 4.54. The van der Waals surface area contributed by atoms with Crippen molar-refractivity contribution in [2.24, 2.45) is 0 Å². The van der Waals surface area contributed by atoms with Crippen molar-refractivity contribution in [1.29, 1.82) is 0 Å². The maximum atomic E-state index is 8.74. The number of aliphatic hydroxyl groups is 1. The van der Waals surface area contributed by atoms with Gasteiger partial charge in [0.15, 0.2) is 0 Å². The van der Waals surface area contributed by atoms with Crippen LogP contribution in [0.5, 0.6) is 0 Å². The summed E-state index contributed by atoms with van der Waals surface area (Å²) in [7, 11) is -4.67. The van der Waals surface area contributed by atoms with Crippen molar-refractivity contribution >= 4 is 10.4 Å². The lowest BCUT2D eigenvalue weighted by molar-refractivity contribution is 0.276. The topological polar surface area (TPSA) is 124 Å². The third-order valence-corrected chi connectivity index (χ3v) is 1.09. The van der Waals surface area contributed by atoms with Gasteiger partial charge in [-0.2, -0.15) is 8.42 Å². The predicted octanol–water partition coefficient (Wildman–Crippen LogP) is -0.442. The van der Waals surface area contributed by atoms with E-state index in [0.717, 1.165) is 11.4 Å². The van der Waals surface area contributed by atoms with Crippen LogP contribution in [0.2, 0.25) is 0 Å². The van der Waals surface area contributed by atoms with E-state index in [2.05, 4.69) is 9.97 Å². The Morgan fingerprint density at radius 1 is 1.54 bits per heavy atom. The predicted molar refractivity (Wildman–Crippen MR) is 43.4 cm³/mol. The fraction of sp³-hybridized carbons (Fsp3) is 0.400. The Balaban J connectivity index is 0.000000252. The molecule has 0 aliphatic carbocycles. The smallest absolute Gasteiger partial charge is 0.390 e. The normalized spacial score (nSPS) is 10.5. The van der Waals surface area contributed by atoms with Crippen molar-refractivity contribution in [3.05, 3.63) is 17.7 Å². The van der Waals surface area contributed by atoms with Gasteiger partial charge in [0.2, 0.25) is 0 Å². The minimum Gasteiger partial charge on any atom is -0.390 e. The van der Waals surface area contributed by atoms with Gasteiger partial charge in [-0.1, -0.05) is 0 Å². The van der Waals surface area contributed by atoms with Crippen LogP contribution in [-0.4, -0.2) is 32.6 Å². The number of aryl methyl sites for hydroxylation is 1. The summed E-state index contributed by atoms with van der Waals surface area (Å²) in [5, 5.41) is 8.54. The number of aromatic nitrogens is 2. The van der Waals surface area contributed by atoms with Crippen molar-refractivity contribution in [1.82, 2.24) is 9.97 Å². The lowest BCUT2D eigenvalue weighted by Crippen LogP contribution is -1.89. The Hall–Kier alpha value is -0.960. The number of aromatic amines is 1. The number of rotatable bonds is 1. The molecule has 0 atom stereocenters. The molecule has 0 spiro atoms. The van der Waals surface area contributed by atoms with Gasteiger partial charge in [-0.3, -0.25) is 9.11 Å². The molecule has 0 saturated heterocycles. The molecule has 0 radical (unpaired) electrons. The Morgan fingerprint density at radius 3 is 2.15 bits per heavy atom. The number of hydrogen-bond donors (Lipinski definition) is 4. The van der Waals surface area contributed by atoms with E-state index < -0.39 is 10.4 Å². The van der Waals surface area contributed by atoms with Gasteiger partial charge in [0.1, 0.15) is 0 Å². The van der Waals surface area contributed by atoms with Crippen LogP contribution < -0.4 is 0 Å². The van der Waals surface area contributed by atoms with E-state index in [4.69, 9.17) is 22.6 Å². The van der Waals surface area contributed by atoms with E-state index in [1.165, 1.54) is 0 Å². The van der Waals surface area contributed by atoms with Crippen molar-refractivity contribution in [3.63, 3.8) is 0 Å². The van der Waals surface area contributed by atoms with Crippen molar-refractivity contribution < 1.29 is 22.6 Å². The number of aliphatic hydroxyl groups excluding tert-OH is 1. The Morgan fingerprint density at radius 2 is 2.00 bits per heavy atom. The molecule has 0 aliphatic rings. The van der Waals surface area contributed by atoms with Gasteiger partial charge < -0.3 is 10.1 Å². The minimum absolute atomic E-state index is 0.0475. The molecular weight excluding hydrogens is 200 g/mol. The maximum absolute atomic E-state index is 8.74. The Labute approximate surface area is 75.0 Å². The van der Waals surface area contributed by atoms with Crippen molar-refractivity contribution in [2.45, 2.75) is 13.5 Å². The summed E-state index contributed by atoms with van der Waals surface area (Å²) in [5.74, 6) is 0. The summed E-state index contributed by atoms with van der Waals surface area (Å²) in [6.07, 6.45) is 1.57. The molecule has 1 aromatic rings. The monoisotopic (exact) mass is 210 g/mol. The summed E-state index contributed by atoms with van der Waals surface area (Å²) in [4.78, 5) is 6.67. The van der Waals surface area contributed by atoms with E-state index in [0.29, 0.717) is 0 Å². The van der Waals surface area contributed by atoms with Crippen LogP contribution in [0, 0.1) is 6.92 Å². The van der Waals surface area contributed by atoms with E-state index in [9.17, 15) is 0 Å². The highest BCUT2D eigenvalue weighted by Gasteiger charge is 1.94. The molecule has 76 valence electrons. The SMILES string of the molecule is Cc1nc[nH]c1CO.O=S(=O)(O)O. The number of H-pyrrole nitrogens is 1. The fourth-order valence-corrected chi connectivity index (χ4v) is 0.549. The minimum atomic E-state index is -4.67. The first kappa shape index (κ1) is 12.0. The van der Waals surface area contributed by atoms with Crippen LogP contribution in [0.3, 0.4) is 0 Å². The first-order chi connectivity index (χ1) is 5.84. The molecule has 0 unspecified atom stereocenters. The van der Waals surface area contributed by atoms with Crippen LogP contribution in [0.4, 0.5) is 0 Å².